The molecule has 0 radical (unpaired) electrons. The molecule has 0 aliphatic carbocycles. The number of hydrogen-bond acceptors (Lipinski definition) is 6. The van der Waals surface area contributed by atoms with E-state index < -0.39 is 6.04 Å². The quantitative estimate of drug-likeness (QED) is 0.233. The Morgan fingerprint density at radius 1 is 1.21 bits per heavy atom. The number of H-pyrrole nitrogens is 1. The van der Waals surface area contributed by atoms with Crippen LogP contribution in [-0.2, 0) is 9.59 Å². The summed E-state index contributed by atoms with van der Waals surface area (Å²) in [7, 11) is 0. The first kappa shape index (κ1) is 26.3. The standard InChI is InChI=1S/C27H24Cl2N8O2/c1-16-5-4-8-21(27-33-25(26(29)34-27)19-6-2-3-7-20(19)31-24(39)13-16)32-23(38)12-9-17-14-18(28)10-11-22(17)37-15-30-35-36-37/h2-7,9-12,14-16,21H,8,13H2,1H3,(H,31,39)(H,32,38)(H,33,34)/b5-4-,12-9+. The lowest BCUT2D eigenvalue weighted by Crippen LogP contribution is -2.27. The molecule has 2 atom stereocenters. The van der Waals surface area contributed by atoms with Gasteiger partial charge in [0, 0.05) is 28.6 Å². The van der Waals surface area contributed by atoms with E-state index in [1.165, 1.54) is 17.1 Å². The predicted molar refractivity (Wildman–Crippen MR) is 149 cm³/mol. The van der Waals surface area contributed by atoms with Gasteiger partial charge in [-0.25, -0.2) is 4.98 Å². The topological polar surface area (TPSA) is 130 Å². The molecule has 2 aromatic carbocycles. The fourth-order valence-electron chi connectivity index (χ4n) is 4.28. The van der Waals surface area contributed by atoms with Crippen LogP contribution in [-0.4, -0.2) is 42.0 Å². The number of allylic oxidation sites excluding steroid dienone is 1. The van der Waals surface area contributed by atoms with Crippen LogP contribution < -0.4 is 10.6 Å². The van der Waals surface area contributed by atoms with Gasteiger partial charge in [-0.1, -0.05) is 60.5 Å². The van der Waals surface area contributed by atoms with Gasteiger partial charge in [0.05, 0.1) is 17.4 Å². The molecule has 0 fully saturated rings. The minimum Gasteiger partial charge on any atom is -0.342 e. The van der Waals surface area contributed by atoms with E-state index in [9.17, 15) is 9.59 Å². The van der Waals surface area contributed by atoms with E-state index in [0.717, 1.165) is 0 Å². The summed E-state index contributed by atoms with van der Waals surface area (Å²) in [5.74, 6) is 0.0330. The molecule has 1 aliphatic rings. The number of para-hydroxylation sites is 1. The monoisotopic (exact) mass is 562 g/mol. The summed E-state index contributed by atoms with van der Waals surface area (Å²) in [6.45, 7) is 1.96. The minimum absolute atomic E-state index is 0.00317. The largest absolute Gasteiger partial charge is 0.342 e. The average Bonchev–Trinajstić information content (AvgIpc) is 3.57. The van der Waals surface area contributed by atoms with Gasteiger partial charge in [0.25, 0.3) is 0 Å². The van der Waals surface area contributed by atoms with Gasteiger partial charge in [-0.3, -0.25) is 9.59 Å². The highest BCUT2D eigenvalue weighted by Crippen LogP contribution is 2.34. The number of amides is 2. The van der Waals surface area contributed by atoms with E-state index >= 15 is 0 Å². The molecule has 4 aromatic rings. The smallest absolute Gasteiger partial charge is 0.244 e. The van der Waals surface area contributed by atoms with Gasteiger partial charge in [-0.05, 0) is 53.1 Å². The van der Waals surface area contributed by atoms with Crippen molar-refractivity contribution in [2.75, 3.05) is 5.32 Å². The first-order chi connectivity index (χ1) is 18.9. The lowest BCUT2D eigenvalue weighted by molar-refractivity contribution is -0.117. The first-order valence-electron chi connectivity index (χ1n) is 12.2. The van der Waals surface area contributed by atoms with E-state index in [4.69, 9.17) is 28.2 Å². The van der Waals surface area contributed by atoms with Gasteiger partial charge in [0.1, 0.15) is 23.0 Å². The average molecular weight is 563 g/mol. The molecule has 2 unspecified atom stereocenters. The van der Waals surface area contributed by atoms with Crippen LogP contribution in [0.2, 0.25) is 10.2 Å². The second-order valence-electron chi connectivity index (χ2n) is 9.08. The van der Waals surface area contributed by atoms with E-state index in [0.29, 0.717) is 57.0 Å². The summed E-state index contributed by atoms with van der Waals surface area (Å²) in [6.07, 6.45) is 9.14. The maximum absolute atomic E-state index is 13.1. The van der Waals surface area contributed by atoms with Crippen LogP contribution in [0, 0.1) is 5.92 Å². The van der Waals surface area contributed by atoms with Crippen LogP contribution in [0.25, 0.3) is 23.0 Å². The van der Waals surface area contributed by atoms with Gasteiger partial charge in [0.15, 0.2) is 0 Å². The van der Waals surface area contributed by atoms with Crippen molar-refractivity contribution >= 4 is 46.8 Å². The number of halogens is 2. The number of fused-ring (bicyclic) bond motifs is 4. The van der Waals surface area contributed by atoms with Crippen molar-refractivity contribution in [1.82, 2.24) is 35.5 Å². The second-order valence-corrected chi connectivity index (χ2v) is 9.89. The fourth-order valence-corrected chi connectivity index (χ4v) is 4.70. The van der Waals surface area contributed by atoms with Crippen molar-refractivity contribution in [2.45, 2.75) is 25.8 Å². The molecular formula is C27H24Cl2N8O2. The van der Waals surface area contributed by atoms with Crippen LogP contribution in [0.3, 0.4) is 0 Å². The summed E-state index contributed by atoms with van der Waals surface area (Å²) in [5.41, 5.74) is 3.10. The molecular weight excluding hydrogens is 539 g/mol. The molecule has 198 valence electrons. The van der Waals surface area contributed by atoms with Gasteiger partial charge in [-0.2, -0.15) is 4.68 Å². The molecule has 0 saturated heterocycles. The molecule has 0 saturated carbocycles. The molecule has 39 heavy (non-hydrogen) atoms. The summed E-state index contributed by atoms with van der Waals surface area (Å²) in [5, 5.41) is 18.0. The number of benzene rings is 2. The van der Waals surface area contributed by atoms with Crippen LogP contribution in [0.4, 0.5) is 5.69 Å². The number of aromatic nitrogens is 6. The molecule has 3 heterocycles. The zero-order valence-electron chi connectivity index (χ0n) is 20.8. The molecule has 10 nitrogen and oxygen atoms in total. The second kappa shape index (κ2) is 11.6. The summed E-state index contributed by atoms with van der Waals surface area (Å²) in [6, 6.07) is 12.0. The molecule has 2 bridgehead atoms. The number of rotatable bonds is 4. The zero-order chi connectivity index (χ0) is 27.4. The van der Waals surface area contributed by atoms with Crippen molar-refractivity contribution in [3.63, 3.8) is 0 Å². The summed E-state index contributed by atoms with van der Waals surface area (Å²) < 4.78 is 1.49. The van der Waals surface area contributed by atoms with Crippen LogP contribution in [0.5, 0.6) is 0 Å². The Kier molecular flexibility index (Phi) is 7.85. The maximum atomic E-state index is 13.1. The van der Waals surface area contributed by atoms with E-state index in [-0.39, 0.29) is 17.7 Å². The van der Waals surface area contributed by atoms with Crippen LogP contribution >= 0.6 is 23.2 Å². The number of nitrogens with one attached hydrogen (secondary N) is 3. The third-order valence-electron chi connectivity index (χ3n) is 6.12. The molecule has 2 aromatic heterocycles. The highest BCUT2D eigenvalue weighted by molar-refractivity contribution is 6.32. The van der Waals surface area contributed by atoms with E-state index in [2.05, 4.69) is 31.1 Å². The number of carbonyl (C=O) groups is 2. The third kappa shape index (κ3) is 6.24. The number of imidazole rings is 1. The molecule has 3 N–H and O–H groups in total. The Hall–Kier alpha value is -4.28. The lowest BCUT2D eigenvalue weighted by Gasteiger charge is -2.14. The number of tetrazole rings is 1. The highest BCUT2D eigenvalue weighted by atomic mass is 35.5. The molecule has 1 aliphatic heterocycles. The van der Waals surface area contributed by atoms with Crippen molar-refractivity contribution in [3.8, 4) is 16.9 Å². The van der Waals surface area contributed by atoms with Gasteiger partial charge in [-0.15, -0.1) is 5.10 Å². The fraction of sp³-hybridized carbons (Fsp3) is 0.185. The van der Waals surface area contributed by atoms with E-state index in [1.54, 1.807) is 24.3 Å². The molecule has 5 rings (SSSR count). The number of nitrogens with zero attached hydrogens (tertiary/aromatic N) is 5. The normalized spacial score (nSPS) is 18.4. The van der Waals surface area contributed by atoms with E-state index in [1.807, 2.05) is 43.3 Å². The molecule has 12 heteroatoms. The lowest BCUT2D eigenvalue weighted by atomic mass is 10.0. The van der Waals surface area contributed by atoms with Crippen molar-refractivity contribution in [3.05, 3.63) is 88.6 Å². The predicted octanol–water partition coefficient (Wildman–Crippen LogP) is 5.15. The van der Waals surface area contributed by atoms with Gasteiger partial charge in [0.2, 0.25) is 11.8 Å². The van der Waals surface area contributed by atoms with Crippen LogP contribution in [0.1, 0.15) is 37.2 Å². The zero-order valence-corrected chi connectivity index (χ0v) is 22.3. The molecule has 0 spiro atoms. The Bertz CT molecular complexity index is 1560. The number of aromatic amines is 1. The highest BCUT2D eigenvalue weighted by Gasteiger charge is 2.22. The Balaban J connectivity index is 1.44. The van der Waals surface area contributed by atoms with Crippen molar-refractivity contribution < 1.29 is 9.59 Å². The number of hydrogen-bond donors (Lipinski definition) is 3. The summed E-state index contributed by atoms with van der Waals surface area (Å²) in [4.78, 5) is 33.5. The third-order valence-corrected chi connectivity index (χ3v) is 6.63. The SMILES string of the molecule is CC1/C=C\CC(NC(=O)/C=C/c2cc(Cl)ccc2-n2cnnn2)c2nc(c(Cl)[nH]2)-c2ccccc2NC(=O)C1. The van der Waals surface area contributed by atoms with Crippen LogP contribution in [0.15, 0.2) is 67.0 Å². The first-order valence-corrected chi connectivity index (χ1v) is 13.0. The minimum atomic E-state index is -0.508. The number of anilines is 1. The van der Waals surface area contributed by atoms with Crippen molar-refractivity contribution in [2.24, 2.45) is 5.92 Å². The maximum Gasteiger partial charge on any atom is 0.244 e. The molecule has 2 amide bonds. The Morgan fingerprint density at radius 3 is 2.87 bits per heavy atom. The Morgan fingerprint density at radius 2 is 2.05 bits per heavy atom. The van der Waals surface area contributed by atoms with Gasteiger partial charge < -0.3 is 15.6 Å². The van der Waals surface area contributed by atoms with Gasteiger partial charge >= 0.3 is 0 Å². The Labute approximate surface area is 234 Å². The summed E-state index contributed by atoms with van der Waals surface area (Å²) >= 11 is 12.7. The number of carbonyl (C=O) groups excluding carboxylic acids is 2. The van der Waals surface area contributed by atoms with Crippen molar-refractivity contribution in [1.29, 1.82) is 0 Å².